The monoisotopic (exact) mass is 313 g/mol. The molecule has 0 bridgehead atoms. The second kappa shape index (κ2) is 7.13. The first kappa shape index (κ1) is 16.1. The van der Waals surface area contributed by atoms with E-state index in [4.69, 9.17) is 4.42 Å². The third-order valence-corrected chi connectivity index (χ3v) is 3.03. The van der Waals surface area contributed by atoms with Crippen LogP contribution in [0.3, 0.4) is 0 Å². The zero-order valence-corrected chi connectivity index (χ0v) is 11.6. The van der Waals surface area contributed by atoms with E-state index < -0.39 is 18.6 Å². The summed E-state index contributed by atoms with van der Waals surface area (Å²) in [6, 6.07) is 12.5. The van der Waals surface area contributed by atoms with Crippen molar-refractivity contribution in [2.24, 2.45) is 0 Å². The van der Waals surface area contributed by atoms with Crippen LogP contribution in [0.5, 0.6) is 0 Å². The Hall–Kier alpha value is -2.28. The van der Waals surface area contributed by atoms with Crippen LogP contribution in [0.4, 0.5) is 13.2 Å². The molecular formula is C15H16F3N2O2+. The molecule has 4 nitrogen and oxygen atoms in total. The Labute approximate surface area is 125 Å². The van der Waals surface area contributed by atoms with Gasteiger partial charge in [-0.3, -0.25) is 4.79 Å². The predicted octanol–water partition coefficient (Wildman–Crippen LogP) is 1.61. The molecule has 0 fully saturated rings. The van der Waals surface area contributed by atoms with Crippen molar-refractivity contribution < 1.29 is 27.7 Å². The quantitative estimate of drug-likeness (QED) is 0.851. The number of nitrogens with two attached hydrogens (primary N) is 1. The molecule has 0 aliphatic carbocycles. The van der Waals surface area contributed by atoms with Gasteiger partial charge in [-0.2, -0.15) is 13.2 Å². The zero-order chi connectivity index (χ0) is 16.0. The first-order chi connectivity index (χ1) is 10.5. The lowest BCUT2D eigenvalue weighted by Crippen LogP contribution is -2.87. The van der Waals surface area contributed by atoms with Gasteiger partial charge in [-0.05, 0) is 12.1 Å². The fraction of sp³-hybridized carbons (Fsp3) is 0.267. The number of carbonyl (C=O) groups is 1. The van der Waals surface area contributed by atoms with Gasteiger partial charge in [0.15, 0.2) is 18.3 Å². The van der Waals surface area contributed by atoms with Crippen molar-refractivity contribution >= 4 is 5.91 Å². The van der Waals surface area contributed by atoms with Crippen LogP contribution in [0.25, 0.3) is 0 Å². The highest BCUT2D eigenvalue weighted by atomic mass is 19.4. The summed E-state index contributed by atoms with van der Waals surface area (Å²) in [6.07, 6.45) is -2.89. The predicted molar refractivity (Wildman–Crippen MR) is 72.9 cm³/mol. The van der Waals surface area contributed by atoms with E-state index in [1.165, 1.54) is 6.26 Å². The van der Waals surface area contributed by atoms with Crippen molar-refractivity contribution in [2.75, 3.05) is 13.1 Å². The average molecular weight is 313 g/mol. The number of hydrogen-bond acceptors (Lipinski definition) is 2. The Morgan fingerprint density at radius 1 is 1.18 bits per heavy atom. The van der Waals surface area contributed by atoms with Crippen molar-refractivity contribution in [3.05, 3.63) is 60.1 Å². The smallest absolute Gasteiger partial charge is 0.405 e. The van der Waals surface area contributed by atoms with E-state index in [1.807, 2.05) is 35.6 Å². The number of alkyl halides is 3. The summed E-state index contributed by atoms with van der Waals surface area (Å²) in [4.78, 5) is 11.5. The van der Waals surface area contributed by atoms with Gasteiger partial charge >= 0.3 is 6.18 Å². The van der Waals surface area contributed by atoms with Crippen molar-refractivity contribution in [3.8, 4) is 0 Å². The van der Waals surface area contributed by atoms with Gasteiger partial charge in [0.25, 0.3) is 5.91 Å². The third kappa shape index (κ3) is 4.92. The first-order valence-corrected chi connectivity index (χ1v) is 6.71. The molecule has 2 aromatic rings. The standard InChI is InChI=1S/C15H15F3N2O2/c16-15(17,18)10-20-13(21)9-19-14(12-7-4-8-22-12)11-5-2-1-3-6-11/h1-8,14,19H,9-10H2,(H,20,21)/p+1/t14-/m0/s1. The molecule has 1 heterocycles. The first-order valence-electron chi connectivity index (χ1n) is 6.71. The number of halogens is 3. The SMILES string of the molecule is O=C(C[NH2+][C@@H](c1ccccc1)c1ccco1)NCC(F)(F)F. The van der Waals surface area contributed by atoms with Gasteiger partial charge in [-0.1, -0.05) is 30.3 Å². The molecule has 1 aromatic carbocycles. The van der Waals surface area contributed by atoms with E-state index >= 15 is 0 Å². The Morgan fingerprint density at radius 3 is 2.50 bits per heavy atom. The van der Waals surface area contributed by atoms with Crippen molar-refractivity contribution in [2.45, 2.75) is 12.2 Å². The molecule has 0 spiro atoms. The van der Waals surface area contributed by atoms with Gasteiger partial charge in [-0.25, -0.2) is 0 Å². The van der Waals surface area contributed by atoms with E-state index in [0.717, 1.165) is 5.56 Å². The lowest BCUT2D eigenvalue weighted by Gasteiger charge is -2.14. The molecule has 0 saturated heterocycles. The highest BCUT2D eigenvalue weighted by Crippen LogP contribution is 2.18. The minimum Gasteiger partial charge on any atom is -0.463 e. The fourth-order valence-corrected chi connectivity index (χ4v) is 2.04. The third-order valence-electron chi connectivity index (χ3n) is 3.03. The van der Waals surface area contributed by atoms with Crippen molar-refractivity contribution in [3.63, 3.8) is 0 Å². The fourth-order valence-electron chi connectivity index (χ4n) is 2.04. The number of nitrogens with one attached hydrogen (secondary N) is 1. The Bertz CT molecular complexity index is 583. The molecule has 7 heteroatoms. The number of benzene rings is 1. The molecule has 0 aliphatic heterocycles. The minimum absolute atomic E-state index is 0.129. The molecule has 118 valence electrons. The molecule has 0 radical (unpaired) electrons. The summed E-state index contributed by atoms with van der Waals surface area (Å²) in [5.41, 5.74) is 0.904. The van der Waals surface area contributed by atoms with Gasteiger partial charge in [-0.15, -0.1) is 0 Å². The number of hydrogen-bond donors (Lipinski definition) is 2. The Balaban J connectivity index is 1.98. The van der Waals surface area contributed by atoms with Crippen LogP contribution in [0.2, 0.25) is 0 Å². The minimum atomic E-state index is -4.41. The van der Waals surface area contributed by atoms with Crippen LogP contribution in [0.1, 0.15) is 17.4 Å². The normalized spacial score (nSPS) is 12.9. The van der Waals surface area contributed by atoms with Crippen LogP contribution in [-0.2, 0) is 4.79 Å². The molecule has 0 unspecified atom stereocenters. The summed E-state index contributed by atoms with van der Waals surface area (Å²) in [5, 5.41) is 3.49. The molecule has 0 aliphatic rings. The zero-order valence-electron chi connectivity index (χ0n) is 11.6. The summed E-state index contributed by atoms with van der Waals surface area (Å²) >= 11 is 0. The second-order valence-electron chi connectivity index (χ2n) is 4.74. The average Bonchev–Trinajstić information content (AvgIpc) is 3.00. The van der Waals surface area contributed by atoms with Gasteiger partial charge in [0.1, 0.15) is 6.54 Å². The summed E-state index contributed by atoms with van der Waals surface area (Å²) in [6.45, 7) is -1.45. The Kier molecular flexibility index (Phi) is 5.21. The topological polar surface area (TPSA) is 58.9 Å². The summed E-state index contributed by atoms with van der Waals surface area (Å²) in [5.74, 6) is -0.0420. The molecule has 2 rings (SSSR count). The van der Waals surface area contributed by atoms with Crippen LogP contribution in [0, 0.1) is 0 Å². The van der Waals surface area contributed by atoms with E-state index in [2.05, 4.69) is 0 Å². The van der Waals surface area contributed by atoms with E-state index in [9.17, 15) is 18.0 Å². The molecule has 1 amide bonds. The van der Waals surface area contributed by atoms with Crippen LogP contribution in [0.15, 0.2) is 53.1 Å². The van der Waals surface area contributed by atoms with Gasteiger partial charge < -0.3 is 15.1 Å². The van der Waals surface area contributed by atoms with Crippen molar-refractivity contribution in [1.82, 2.24) is 5.32 Å². The summed E-state index contributed by atoms with van der Waals surface area (Å²) < 4.78 is 41.5. The number of amides is 1. The lowest BCUT2D eigenvalue weighted by molar-refractivity contribution is -0.678. The van der Waals surface area contributed by atoms with Crippen LogP contribution < -0.4 is 10.6 Å². The molecule has 3 N–H and O–H groups in total. The maximum Gasteiger partial charge on any atom is 0.405 e. The number of furan rings is 1. The maximum absolute atomic E-state index is 12.1. The van der Waals surface area contributed by atoms with Crippen LogP contribution >= 0.6 is 0 Å². The van der Waals surface area contributed by atoms with E-state index in [1.54, 1.807) is 17.4 Å². The van der Waals surface area contributed by atoms with E-state index in [0.29, 0.717) is 5.76 Å². The maximum atomic E-state index is 12.1. The molecule has 1 aromatic heterocycles. The number of carbonyl (C=O) groups excluding carboxylic acids is 1. The Morgan fingerprint density at radius 2 is 1.91 bits per heavy atom. The van der Waals surface area contributed by atoms with Crippen LogP contribution in [-0.4, -0.2) is 25.2 Å². The highest BCUT2D eigenvalue weighted by molar-refractivity contribution is 5.76. The molecule has 22 heavy (non-hydrogen) atoms. The van der Waals surface area contributed by atoms with Gasteiger partial charge in [0.05, 0.1) is 6.26 Å². The summed E-state index contributed by atoms with van der Waals surface area (Å²) in [7, 11) is 0. The van der Waals surface area contributed by atoms with E-state index in [-0.39, 0.29) is 12.6 Å². The highest BCUT2D eigenvalue weighted by Gasteiger charge is 2.28. The van der Waals surface area contributed by atoms with Crippen molar-refractivity contribution in [1.29, 1.82) is 0 Å². The second-order valence-corrected chi connectivity index (χ2v) is 4.74. The largest absolute Gasteiger partial charge is 0.463 e. The number of rotatable bonds is 6. The van der Waals surface area contributed by atoms with Gasteiger partial charge in [0.2, 0.25) is 0 Å². The lowest BCUT2D eigenvalue weighted by atomic mass is 10.0. The number of quaternary nitrogens is 1. The molecule has 0 saturated carbocycles. The van der Waals surface area contributed by atoms with Gasteiger partial charge in [0, 0.05) is 5.56 Å². The molecular weight excluding hydrogens is 297 g/mol. The molecule has 1 atom stereocenters.